The van der Waals surface area contributed by atoms with E-state index >= 15 is 0 Å². The van der Waals surface area contributed by atoms with Crippen LogP contribution in [-0.4, -0.2) is 69.7 Å². The highest BCUT2D eigenvalue weighted by Gasteiger charge is 2.40. The summed E-state index contributed by atoms with van der Waals surface area (Å²) in [5.41, 5.74) is 0. The summed E-state index contributed by atoms with van der Waals surface area (Å²) in [5, 5.41) is 3.24. The van der Waals surface area contributed by atoms with Gasteiger partial charge >= 0.3 is 0 Å². The van der Waals surface area contributed by atoms with Crippen molar-refractivity contribution in [3.05, 3.63) is 0 Å². The van der Waals surface area contributed by atoms with Crippen molar-refractivity contribution in [1.29, 1.82) is 0 Å². The van der Waals surface area contributed by atoms with Crippen molar-refractivity contribution in [3.8, 4) is 0 Å². The zero-order chi connectivity index (χ0) is 15.9. The van der Waals surface area contributed by atoms with E-state index in [1.165, 1.54) is 0 Å². The van der Waals surface area contributed by atoms with E-state index in [4.69, 9.17) is 4.74 Å². The van der Waals surface area contributed by atoms with E-state index in [0.717, 1.165) is 25.4 Å². The molecule has 0 bridgehead atoms. The highest BCUT2D eigenvalue weighted by atomic mass is 32.2. The van der Waals surface area contributed by atoms with Crippen LogP contribution in [0.1, 0.15) is 33.6 Å². The summed E-state index contributed by atoms with van der Waals surface area (Å²) >= 11 is 0. The summed E-state index contributed by atoms with van der Waals surface area (Å²) in [7, 11) is -1.30. The Labute approximate surface area is 128 Å². The molecule has 1 aliphatic heterocycles. The van der Waals surface area contributed by atoms with Gasteiger partial charge in [-0.2, -0.15) is 0 Å². The van der Waals surface area contributed by atoms with Crippen molar-refractivity contribution in [2.45, 2.75) is 38.4 Å². The summed E-state index contributed by atoms with van der Waals surface area (Å²) < 4.78 is 28.8. The molecule has 0 aromatic heterocycles. The Morgan fingerprint density at radius 1 is 1.38 bits per heavy atom. The van der Waals surface area contributed by atoms with Crippen LogP contribution in [0.5, 0.6) is 0 Å². The van der Waals surface area contributed by atoms with Crippen molar-refractivity contribution >= 4 is 15.8 Å². The Morgan fingerprint density at radius 3 is 2.67 bits per heavy atom. The van der Waals surface area contributed by atoms with Crippen molar-refractivity contribution in [1.82, 2.24) is 10.2 Å². The molecule has 0 saturated carbocycles. The Bertz CT molecular complexity index is 446. The van der Waals surface area contributed by atoms with E-state index in [2.05, 4.69) is 17.2 Å². The first-order valence-electron chi connectivity index (χ1n) is 7.59. The average Bonchev–Trinajstić information content (AvgIpc) is 2.41. The van der Waals surface area contributed by atoms with Crippen molar-refractivity contribution in [3.63, 3.8) is 0 Å². The van der Waals surface area contributed by atoms with E-state index in [-0.39, 0.29) is 5.75 Å². The van der Waals surface area contributed by atoms with Gasteiger partial charge in [0.05, 0.1) is 17.1 Å². The van der Waals surface area contributed by atoms with E-state index in [1.807, 2.05) is 4.90 Å². The molecule has 1 heterocycles. The average molecular weight is 319 g/mol. The second kappa shape index (κ2) is 7.98. The molecule has 0 aromatic rings. The number of hydrogen-bond acceptors (Lipinski definition) is 4. The highest BCUT2D eigenvalue weighted by Crippen LogP contribution is 2.23. The van der Waals surface area contributed by atoms with Crippen molar-refractivity contribution < 1.29 is 13.2 Å². The highest BCUT2D eigenvalue weighted by molar-refractivity contribution is 7.92. The van der Waals surface area contributed by atoms with Gasteiger partial charge in [0.1, 0.15) is 0 Å². The minimum absolute atomic E-state index is 0.174. The Hall–Kier alpha value is -0.820. The Balaban J connectivity index is 2.44. The molecule has 0 aliphatic carbocycles. The molecule has 0 unspecified atom stereocenters. The van der Waals surface area contributed by atoms with Gasteiger partial charge in [0, 0.05) is 33.3 Å². The Morgan fingerprint density at radius 2 is 2.10 bits per heavy atom. The summed E-state index contributed by atoms with van der Waals surface area (Å²) in [6.45, 7) is 8.73. The third-order valence-corrected chi connectivity index (χ3v) is 6.26. The van der Waals surface area contributed by atoms with Crippen LogP contribution in [0, 0.1) is 0 Å². The van der Waals surface area contributed by atoms with Crippen molar-refractivity contribution in [2.75, 3.05) is 45.6 Å². The number of aliphatic imine (C=N–C) groups is 1. The molecular formula is C14H29N3O3S. The molecular weight excluding hydrogens is 290 g/mol. The second-order valence-corrected chi connectivity index (χ2v) is 8.68. The Kier molecular flexibility index (Phi) is 6.93. The minimum atomic E-state index is -3.02. The van der Waals surface area contributed by atoms with E-state index < -0.39 is 14.6 Å². The molecule has 1 rings (SSSR count). The van der Waals surface area contributed by atoms with Crippen LogP contribution < -0.4 is 5.32 Å². The predicted molar refractivity (Wildman–Crippen MR) is 86.5 cm³/mol. The van der Waals surface area contributed by atoms with Crippen LogP contribution in [0.4, 0.5) is 0 Å². The van der Waals surface area contributed by atoms with E-state index in [1.54, 1.807) is 20.9 Å². The molecule has 0 aromatic carbocycles. The fourth-order valence-corrected chi connectivity index (χ4v) is 3.61. The van der Waals surface area contributed by atoms with Crippen LogP contribution in [0.15, 0.2) is 4.99 Å². The van der Waals surface area contributed by atoms with Crippen LogP contribution in [-0.2, 0) is 14.6 Å². The van der Waals surface area contributed by atoms with E-state index in [9.17, 15) is 8.42 Å². The molecule has 0 spiro atoms. The maximum atomic E-state index is 12.0. The van der Waals surface area contributed by atoms with Gasteiger partial charge in [-0.15, -0.1) is 0 Å². The lowest BCUT2D eigenvalue weighted by Gasteiger charge is -2.39. The normalized spacial score (nSPS) is 21.3. The molecule has 0 radical (unpaired) electrons. The van der Waals surface area contributed by atoms with Gasteiger partial charge in [0.2, 0.25) is 0 Å². The first kappa shape index (κ1) is 18.2. The number of nitrogens with one attached hydrogen (secondary N) is 1. The molecule has 0 amide bonds. The fourth-order valence-electron chi connectivity index (χ4n) is 2.24. The number of sulfone groups is 1. The molecule has 7 heteroatoms. The zero-order valence-corrected chi connectivity index (χ0v) is 14.5. The summed E-state index contributed by atoms with van der Waals surface area (Å²) in [6.07, 6.45) is 2.21. The van der Waals surface area contributed by atoms with Gasteiger partial charge in [-0.05, 0) is 20.3 Å². The zero-order valence-electron chi connectivity index (χ0n) is 13.7. The number of unbranched alkanes of at least 4 members (excludes halogenated alkanes) is 1. The van der Waals surface area contributed by atoms with Crippen LogP contribution >= 0.6 is 0 Å². The van der Waals surface area contributed by atoms with Gasteiger partial charge in [-0.25, -0.2) is 8.42 Å². The smallest absolute Gasteiger partial charge is 0.193 e. The lowest BCUT2D eigenvalue weighted by atomic mass is 10.2. The topological polar surface area (TPSA) is 71.0 Å². The molecule has 1 aliphatic rings. The summed E-state index contributed by atoms with van der Waals surface area (Å²) in [4.78, 5) is 6.25. The molecule has 1 saturated heterocycles. The lowest BCUT2D eigenvalue weighted by Crippen LogP contribution is -2.57. The van der Waals surface area contributed by atoms with Gasteiger partial charge in [0.25, 0.3) is 0 Å². The fraction of sp³-hybridized carbons (Fsp3) is 0.929. The van der Waals surface area contributed by atoms with Crippen LogP contribution in [0.25, 0.3) is 0 Å². The maximum Gasteiger partial charge on any atom is 0.193 e. The molecule has 6 nitrogen and oxygen atoms in total. The molecule has 1 N–H and O–H groups in total. The number of ether oxygens (including phenoxy) is 1. The number of hydrogen-bond donors (Lipinski definition) is 1. The minimum Gasteiger partial charge on any atom is -0.380 e. The van der Waals surface area contributed by atoms with E-state index in [0.29, 0.717) is 26.2 Å². The second-order valence-electron chi connectivity index (χ2n) is 5.94. The molecule has 21 heavy (non-hydrogen) atoms. The van der Waals surface area contributed by atoms with Gasteiger partial charge < -0.3 is 15.0 Å². The standard InChI is InChI=1S/C14H29N3O3S/c1-5-6-9-20-10-7-16-13(15-4)17-8-11-21(18,19)14(2,3)12-17/h5-12H2,1-4H3,(H,15,16). The third kappa shape index (κ3) is 5.14. The largest absolute Gasteiger partial charge is 0.380 e. The first-order chi connectivity index (χ1) is 9.84. The van der Waals surface area contributed by atoms with Gasteiger partial charge in [-0.1, -0.05) is 13.3 Å². The van der Waals surface area contributed by atoms with Crippen molar-refractivity contribution in [2.24, 2.45) is 4.99 Å². The lowest BCUT2D eigenvalue weighted by molar-refractivity contribution is 0.135. The van der Waals surface area contributed by atoms with Gasteiger partial charge in [-0.3, -0.25) is 4.99 Å². The first-order valence-corrected chi connectivity index (χ1v) is 9.25. The van der Waals surface area contributed by atoms with Crippen LogP contribution in [0.2, 0.25) is 0 Å². The van der Waals surface area contributed by atoms with Crippen LogP contribution in [0.3, 0.4) is 0 Å². The maximum absolute atomic E-state index is 12.0. The molecule has 0 atom stereocenters. The third-order valence-electron chi connectivity index (χ3n) is 3.73. The molecule has 1 fully saturated rings. The monoisotopic (exact) mass is 319 g/mol. The number of rotatable bonds is 6. The predicted octanol–water partition coefficient (Wildman–Crippen LogP) is 0.888. The van der Waals surface area contributed by atoms with Gasteiger partial charge in [0.15, 0.2) is 15.8 Å². The summed E-state index contributed by atoms with van der Waals surface area (Å²) in [6, 6.07) is 0. The number of nitrogens with zero attached hydrogens (tertiary/aromatic N) is 2. The summed E-state index contributed by atoms with van der Waals surface area (Å²) in [5.74, 6) is 0.922. The quantitative estimate of drug-likeness (QED) is 0.447. The number of guanidine groups is 1. The molecule has 124 valence electrons. The SMILES string of the molecule is CCCCOCCNC(=NC)N1CCS(=O)(=O)C(C)(C)C1.